The van der Waals surface area contributed by atoms with Crippen molar-refractivity contribution in [1.29, 1.82) is 0 Å². The normalized spacial score (nSPS) is 64.7. The quantitative estimate of drug-likeness (QED) is 0.692. The third kappa shape index (κ3) is 1.56. The van der Waals surface area contributed by atoms with Crippen LogP contribution in [0.15, 0.2) is 0 Å². The van der Waals surface area contributed by atoms with Crippen molar-refractivity contribution in [3.63, 3.8) is 0 Å². The standard InChI is InChI=1S/C15H24O5/c1-8-4-5-11-9(2)12(16)17-13-15(11)10(8)6-7-14(3,18-13)19-20-15/h8-13,16H,4-7H2,1-3H3/t8-,9-,10+,11+,12+,13-,14-,15-/m0/s1/i2D3. The molecule has 0 aromatic rings. The monoisotopic (exact) mass is 287 g/mol. The van der Waals surface area contributed by atoms with E-state index in [9.17, 15) is 5.11 Å². The molecule has 1 spiro atoms. The summed E-state index contributed by atoms with van der Waals surface area (Å²) in [6, 6.07) is 0. The van der Waals surface area contributed by atoms with Crippen LogP contribution in [0.5, 0.6) is 0 Å². The Morgan fingerprint density at radius 2 is 2.05 bits per heavy atom. The number of rotatable bonds is 0. The number of hydrogen-bond acceptors (Lipinski definition) is 5. The maximum atomic E-state index is 10.4. The Balaban J connectivity index is 1.82. The molecule has 0 unspecified atom stereocenters. The lowest BCUT2D eigenvalue weighted by molar-refractivity contribution is -0.576. The minimum Gasteiger partial charge on any atom is -0.368 e. The molecule has 5 fully saturated rings. The molecule has 4 heterocycles. The van der Waals surface area contributed by atoms with Gasteiger partial charge in [0.1, 0.15) is 0 Å². The van der Waals surface area contributed by atoms with E-state index in [0.29, 0.717) is 18.8 Å². The molecule has 1 saturated carbocycles. The van der Waals surface area contributed by atoms with E-state index in [0.717, 1.165) is 12.8 Å². The first-order valence-corrected chi connectivity index (χ1v) is 7.55. The summed E-state index contributed by atoms with van der Waals surface area (Å²) in [6.45, 7) is 1.63. The highest BCUT2D eigenvalue weighted by Crippen LogP contribution is 2.60. The van der Waals surface area contributed by atoms with E-state index in [-0.39, 0.29) is 11.8 Å². The van der Waals surface area contributed by atoms with Crippen LogP contribution in [0.25, 0.3) is 0 Å². The molecule has 4 saturated heterocycles. The van der Waals surface area contributed by atoms with Crippen LogP contribution in [0.2, 0.25) is 0 Å². The van der Waals surface area contributed by atoms with Crippen LogP contribution in [0, 0.1) is 23.7 Å². The zero-order valence-electron chi connectivity index (χ0n) is 14.9. The number of hydrogen-bond donors (Lipinski definition) is 1. The van der Waals surface area contributed by atoms with E-state index in [1.165, 1.54) is 0 Å². The van der Waals surface area contributed by atoms with Gasteiger partial charge in [0, 0.05) is 22.4 Å². The molecule has 0 radical (unpaired) electrons. The van der Waals surface area contributed by atoms with Crippen molar-refractivity contribution in [1.82, 2.24) is 0 Å². The number of fused-ring (bicyclic) bond motifs is 2. The SMILES string of the molecule is [2H]C([2H])([2H])[C@@H]1[C@H](O)O[C@H]2O[C@]3(C)CC[C@@H]4[C@@H](C)CC[C@H]1[C@]24OO3. The van der Waals surface area contributed by atoms with Crippen LogP contribution < -0.4 is 0 Å². The molecule has 0 aromatic carbocycles. The summed E-state index contributed by atoms with van der Waals surface area (Å²) in [6.07, 6.45) is 0.867. The first kappa shape index (κ1) is 10.5. The van der Waals surface area contributed by atoms with Crippen molar-refractivity contribution in [3.8, 4) is 0 Å². The lowest BCUT2D eigenvalue weighted by Crippen LogP contribution is -2.70. The fraction of sp³-hybridized carbons (Fsp3) is 1.00. The fourth-order valence-electron chi connectivity index (χ4n) is 4.63. The second kappa shape index (κ2) is 4.17. The van der Waals surface area contributed by atoms with Gasteiger partial charge in [-0.15, -0.1) is 0 Å². The van der Waals surface area contributed by atoms with Gasteiger partial charge < -0.3 is 14.6 Å². The van der Waals surface area contributed by atoms with Gasteiger partial charge in [-0.2, -0.15) is 0 Å². The smallest absolute Gasteiger partial charge is 0.201 e. The minimum atomic E-state index is -2.33. The zero-order valence-corrected chi connectivity index (χ0v) is 11.9. The predicted octanol–water partition coefficient (Wildman–Crippen LogP) is 2.19. The van der Waals surface area contributed by atoms with Gasteiger partial charge in [-0.3, -0.25) is 0 Å². The molecule has 1 N–H and O–H groups in total. The van der Waals surface area contributed by atoms with E-state index in [1.807, 2.05) is 0 Å². The van der Waals surface area contributed by atoms with Crippen molar-refractivity contribution in [2.24, 2.45) is 23.7 Å². The lowest BCUT2D eigenvalue weighted by atomic mass is 9.58. The van der Waals surface area contributed by atoms with E-state index in [4.69, 9.17) is 23.4 Å². The minimum absolute atomic E-state index is 0.0907. The maximum absolute atomic E-state index is 10.4. The third-order valence-corrected chi connectivity index (χ3v) is 5.78. The topological polar surface area (TPSA) is 57.2 Å². The van der Waals surface area contributed by atoms with E-state index >= 15 is 0 Å². The molecule has 0 aromatic heterocycles. The lowest BCUT2D eigenvalue weighted by Gasteiger charge is -2.59. The van der Waals surface area contributed by atoms with Gasteiger partial charge in [-0.05, 0) is 38.0 Å². The Labute approximate surface area is 123 Å². The fourth-order valence-corrected chi connectivity index (χ4v) is 4.63. The van der Waals surface area contributed by atoms with Crippen LogP contribution in [-0.4, -0.2) is 29.1 Å². The van der Waals surface area contributed by atoms with Crippen molar-refractivity contribution >= 4 is 0 Å². The molecular weight excluding hydrogens is 260 g/mol. The van der Waals surface area contributed by atoms with Gasteiger partial charge in [0.25, 0.3) is 0 Å². The van der Waals surface area contributed by atoms with Crippen LogP contribution >= 0.6 is 0 Å². The van der Waals surface area contributed by atoms with Gasteiger partial charge in [-0.25, -0.2) is 9.78 Å². The molecule has 4 aliphatic heterocycles. The van der Waals surface area contributed by atoms with Crippen LogP contribution in [-0.2, 0) is 19.2 Å². The number of ether oxygens (including phenoxy) is 2. The van der Waals surface area contributed by atoms with Crippen molar-refractivity contribution in [2.75, 3.05) is 0 Å². The second-order valence-corrected chi connectivity index (χ2v) is 6.96. The van der Waals surface area contributed by atoms with Gasteiger partial charge in [0.05, 0.1) is 0 Å². The molecule has 5 aliphatic rings. The van der Waals surface area contributed by atoms with Crippen molar-refractivity contribution in [3.05, 3.63) is 0 Å². The molecule has 5 nitrogen and oxygen atoms in total. The van der Waals surface area contributed by atoms with Crippen LogP contribution in [0.3, 0.4) is 0 Å². The highest BCUT2D eigenvalue weighted by atomic mass is 17.3. The van der Waals surface area contributed by atoms with Gasteiger partial charge in [0.15, 0.2) is 18.2 Å². The van der Waals surface area contributed by atoms with Gasteiger partial charge in [-0.1, -0.05) is 13.8 Å². The summed E-state index contributed by atoms with van der Waals surface area (Å²) in [5.74, 6) is -1.84. The van der Waals surface area contributed by atoms with Crippen molar-refractivity contribution in [2.45, 2.75) is 70.4 Å². The summed E-state index contributed by atoms with van der Waals surface area (Å²) < 4.78 is 35.2. The first-order chi connectivity index (χ1) is 10.7. The molecule has 0 amide bonds. The molecule has 114 valence electrons. The summed E-state index contributed by atoms with van der Waals surface area (Å²) in [5.41, 5.74) is -0.952. The van der Waals surface area contributed by atoms with Crippen molar-refractivity contribution < 1.29 is 28.5 Å². The summed E-state index contributed by atoms with van der Waals surface area (Å²) in [5, 5.41) is 10.4. The molecule has 2 bridgehead atoms. The number of aliphatic hydroxyl groups excluding tert-OH is 1. The van der Waals surface area contributed by atoms with Crippen LogP contribution in [0.4, 0.5) is 0 Å². The molecule has 20 heavy (non-hydrogen) atoms. The maximum Gasteiger partial charge on any atom is 0.201 e. The third-order valence-electron chi connectivity index (χ3n) is 5.78. The Bertz CT molecular complexity index is 500. The molecule has 5 heteroatoms. The largest absolute Gasteiger partial charge is 0.368 e. The highest BCUT2D eigenvalue weighted by molar-refractivity contribution is 5.08. The zero-order chi connectivity index (χ0) is 16.6. The van der Waals surface area contributed by atoms with Gasteiger partial charge >= 0.3 is 0 Å². The van der Waals surface area contributed by atoms with E-state index in [2.05, 4.69) is 6.92 Å². The summed E-state index contributed by atoms with van der Waals surface area (Å²) in [4.78, 5) is 11.5. The predicted molar refractivity (Wildman–Crippen MR) is 69.0 cm³/mol. The Morgan fingerprint density at radius 1 is 1.20 bits per heavy atom. The van der Waals surface area contributed by atoms with Gasteiger partial charge in [0.2, 0.25) is 5.79 Å². The van der Waals surface area contributed by atoms with E-state index in [1.54, 1.807) is 6.92 Å². The molecule has 1 aliphatic carbocycles. The highest BCUT2D eigenvalue weighted by Gasteiger charge is 2.69. The Morgan fingerprint density at radius 3 is 2.85 bits per heavy atom. The van der Waals surface area contributed by atoms with E-state index < -0.39 is 36.7 Å². The Kier molecular flexibility index (Phi) is 2.19. The first-order valence-electron chi connectivity index (χ1n) is 9.05. The van der Waals surface area contributed by atoms with Crippen LogP contribution in [0.1, 0.15) is 50.5 Å². The molecule has 8 atom stereocenters. The molecule has 5 rings (SSSR count). The second-order valence-electron chi connectivity index (χ2n) is 6.96. The molecular formula is C15H24O5. The summed E-state index contributed by atoms with van der Waals surface area (Å²) >= 11 is 0. The number of aliphatic hydroxyl groups is 1. The Hall–Kier alpha value is -0.200. The summed E-state index contributed by atoms with van der Waals surface area (Å²) in [7, 11) is 0. The average Bonchev–Trinajstić information content (AvgIpc) is 2.66. The average molecular weight is 287 g/mol.